The molecule has 2 aliphatic rings. The molecule has 26 heavy (non-hydrogen) atoms. The average Bonchev–Trinajstić information content (AvgIpc) is 2.76. The van der Waals surface area contributed by atoms with Gasteiger partial charge in [-0.2, -0.15) is 0 Å². The summed E-state index contributed by atoms with van der Waals surface area (Å²) in [6.07, 6.45) is 3.99. The molecule has 134 valence electrons. The van der Waals surface area contributed by atoms with Crippen LogP contribution in [0, 0.1) is 0 Å². The Hall–Kier alpha value is -1.18. The van der Waals surface area contributed by atoms with Crippen LogP contribution >= 0.6 is 27.5 Å². The Bertz CT molecular complexity index is 852. The van der Waals surface area contributed by atoms with Gasteiger partial charge in [-0.25, -0.2) is 0 Å². The summed E-state index contributed by atoms with van der Waals surface area (Å²) < 4.78 is 1.02. The van der Waals surface area contributed by atoms with Crippen molar-refractivity contribution in [3.8, 4) is 0 Å². The molecular formula is C19H20BBrClN3O. The second-order valence-electron chi connectivity index (χ2n) is 6.81. The molecule has 1 unspecified atom stereocenters. The van der Waals surface area contributed by atoms with Crippen molar-refractivity contribution in [2.24, 2.45) is 0 Å². The van der Waals surface area contributed by atoms with Gasteiger partial charge in [0, 0.05) is 47.4 Å². The van der Waals surface area contributed by atoms with E-state index in [1.165, 1.54) is 5.56 Å². The Morgan fingerprint density at radius 2 is 2.00 bits per heavy atom. The standard InChI is InChI=1S/C19H20BBrClN3O/c1-20(26)25-9-7-24(8-10-25)19-15-5-4-14(22)11-13(15)12-17(21)16-3-2-6-23-18(16)19/h2-6,11-12,19,26H,7-10H2,1H3. The van der Waals surface area contributed by atoms with Gasteiger partial charge in [0.1, 0.15) is 0 Å². The maximum absolute atomic E-state index is 9.87. The van der Waals surface area contributed by atoms with Crippen molar-refractivity contribution in [3.63, 3.8) is 0 Å². The SMILES string of the molecule is CB(O)N1CCN(C2c3ccc(Cl)cc3C=C(Br)c3cccnc32)CC1. The minimum absolute atomic E-state index is 0.0703. The third kappa shape index (κ3) is 3.37. The van der Waals surface area contributed by atoms with Crippen LogP contribution < -0.4 is 0 Å². The molecule has 0 amide bonds. The Morgan fingerprint density at radius 3 is 2.73 bits per heavy atom. The van der Waals surface area contributed by atoms with Crippen molar-refractivity contribution < 1.29 is 5.02 Å². The van der Waals surface area contributed by atoms with Crippen LogP contribution in [0.15, 0.2) is 36.5 Å². The highest BCUT2D eigenvalue weighted by atomic mass is 79.9. The number of piperazine rings is 1. The van der Waals surface area contributed by atoms with Gasteiger partial charge in [-0.15, -0.1) is 0 Å². The van der Waals surface area contributed by atoms with Gasteiger partial charge in [-0.05, 0) is 42.2 Å². The third-order valence-electron chi connectivity index (χ3n) is 5.22. The number of rotatable bonds is 2. The van der Waals surface area contributed by atoms with Crippen LogP contribution in [0.4, 0.5) is 0 Å². The molecule has 4 nitrogen and oxygen atoms in total. The van der Waals surface area contributed by atoms with Crippen molar-refractivity contribution >= 4 is 45.1 Å². The van der Waals surface area contributed by atoms with E-state index in [-0.39, 0.29) is 6.04 Å². The van der Waals surface area contributed by atoms with Crippen LogP contribution in [0.2, 0.25) is 11.8 Å². The number of nitrogens with zero attached hydrogens (tertiary/aromatic N) is 3. The van der Waals surface area contributed by atoms with E-state index in [9.17, 15) is 5.02 Å². The zero-order valence-electron chi connectivity index (χ0n) is 14.6. The number of benzene rings is 1. The maximum Gasteiger partial charge on any atom is 0.376 e. The number of hydrogen-bond donors (Lipinski definition) is 1. The summed E-state index contributed by atoms with van der Waals surface area (Å²) in [4.78, 5) is 9.31. The van der Waals surface area contributed by atoms with Crippen molar-refractivity contribution in [3.05, 3.63) is 63.9 Å². The van der Waals surface area contributed by atoms with Gasteiger partial charge in [0.2, 0.25) is 0 Å². The first-order valence-electron chi connectivity index (χ1n) is 8.82. The molecule has 2 heterocycles. The summed E-state index contributed by atoms with van der Waals surface area (Å²) in [5, 5.41) is 10.6. The summed E-state index contributed by atoms with van der Waals surface area (Å²) in [5.41, 5.74) is 4.50. The molecule has 1 N–H and O–H groups in total. The van der Waals surface area contributed by atoms with Crippen molar-refractivity contribution in [2.45, 2.75) is 12.9 Å². The fourth-order valence-electron chi connectivity index (χ4n) is 3.86. The third-order valence-corrected chi connectivity index (χ3v) is 6.11. The summed E-state index contributed by atoms with van der Waals surface area (Å²) in [5.74, 6) is 0. The second kappa shape index (κ2) is 7.45. The topological polar surface area (TPSA) is 39.6 Å². The fraction of sp³-hybridized carbons (Fsp3) is 0.316. The Kier molecular flexibility index (Phi) is 5.21. The summed E-state index contributed by atoms with van der Waals surface area (Å²) in [6, 6.07) is 10.2. The maximum atomic E-state index is 9.87. The highest BCUT2D eigenvalue weighted by Crippen LogP contribution is 2.41. The van der Waals surface area contributed by atoms with Gasteiger partial charge in [0.05, 0.1) is 11.7 Å². The smallest absolute Gasteiger partial charge is 0.376 e. The van der Waals surface area contributed by atoms with Crippen LogP contribution in [0.3, 0.4) is 0 Å². The number of aromatic nitrogens is 1. The summed E-state index contributed by atoms with van der Waals surface area (Å²) >= 11 is 10.00. The lowest BCUT2D eigenvalue weighted by Gasteiger charge is -2.40. The number of pyridine rings is 1. The first-order valence-corrected chi connectivity index (χ1v) is 10.00. The number of hydrogen-bond acceptors (Lipinski definition) is 4. The predicted molar refractivity (Wildman–Crippen MR) is 111 cm³/mol. The van der Waals surface area contributed by atoms with E-state index in [1.54, 1.807) is 0 Å². The molecule has 2 aromatic rings. The Balaban J connectivity index is 1.79. The van der Waals surface area contributed by atoms with E-state index in [0.29, 0.717) is 0 Å². The molecule has 1 fully saturated rings. The number of halogens is 2. The summed E-state index contributed by atoms with van der Waals surface area (Å²) in [6.45, 7) is 5.27. The molecule has 1 aromatic carbocycles. The molecule has 7 heteroatoms. The van der Waals surface area contributed by atoms with Crippen LogP contribution in [0.5, 0.6) is 0 Å². The molecule has 0 saturated carbocycles. The first-order chi connectivity index (χ1) is 12.5. The highest BCUT2D eigenvalue weighted by molar-refractivity contribution is 9.15. The van der Waals surface area contributed by atoms with E-state index in [4.69, 9.17) is 16.6 Å². The molecule has 1 aromatic heterocycles. The van der Waals surface area contributed by atoms with Crippen molar-refractivity contribution in [1.29, 1.82) is 0 Å². The molecule has 0 bridgehead atoms. The van der Waals surface area contributed by atoms with E-state index < -0.39 is 7.05 Å². The summed E-state index contributed by atoms with van der Waals surface area (Å²) in [7, 11) is -0.404. The zero-order chi connectivity index (χ0) is 18.3. The molecule has 1 aliphatic heterocycles. The first kappa shape index (κ1) is 18.2. The molecule has 1 atom stereocenters. The van der Waals surface area contributed by atoms with Gasteiger partial charge < -0.3 is 9.83 Å². The van der Waals surface area contributed by atoms with E-state index in [1.807, 2.05) is 31.2 Å². The van der Waals surface area contributed by atoms with Crippen LogP contribution in [0.25, 0.3) is 10.6 Å². The molecule has 0 radical (unpaired) electrons. The van der Waals surface area contributed by atoms with Crippen LogP contribution in [-0.4, -0.2) is 52.9 Å². The normalized spacial score (nSPS) is 20.8. The van der Waals surface area contributed by atoms with Crippen molar-refractivity contribution in [1.82, 2.24) is 14.7 Å². The van der Waals surface area contributed by atoms with Gasteiger partial charge in [0.25, 0.3) is 0 Å². The minimum atomic E-state index is -0.404. The lowest BCUT2D eigenvalue weighted by Crippen LogP contribution is -2.52. The Labute approximate surface area is 167 Å². The largest absolute Gasteiger partial charge is 0.437 e. The van der Waals surface area contributed by atoms with Crippen LogP contribution in [0.1, 0.15) is 28.4 Å². The highest BCUT2D eigenvalue weighted by Gasteiger charge is 2.33. The quantitative estimate of drug-likeness (QED) is 0.734. The van der Waals surface area contributed by atoms with Crippen LogP contribution in [-0.2, 0) is 0 Å². The van der Waals surface area contributed by atoms with E-state index in [2.05, 4.69) is 43.8 Å². The lowest BCUT2D eigenvalue weighted by molar-refractivity contribution is 0.144. The molecule has 1 aliphatic carbocycles. The monoisotopic (exact) mass is 431 g/mol. The minimum Gasteiger partial charge on any atom is -0.437 e. The van der Waals surface area contributed by atoms with Crippen molar-refractivity contribution in [2.75, 3.05) is 26.2 Å². The second-order valence-corrected chi connectivity index (χ2v) is 8.10. The molecule has 4 rings (SSSR count). The fourth-order valence-corrected chi connectivity index (χ4v) is 4.62. The van der Waals surface area contributed by atoms with E-state index >= 15 is 0 Å². The average molecular weight is 433 g/mol. The molecule has 1 saturated heterocycles. The predicted octanol–water partition coefficient (Wildman–Crippen LogP) is 3.76. The van der Waals surface area contributed by atoms with Gasteiger partial charge in [0.15, 0.2) is 0 Å². The van der Waals surface area contributed by atoms with Gasteiger partial charge in [-0.3, -0.25) is 9.88 Å². The number of fused-ring (bicyclic) bond motifs is 2. The van der Waals surface area contributed by atoms with Gasteiger partial charge in [-0.1, -0.05) is 39.7 Å². The zero-order valence-corrected chi connectivity index (χ0v) is 16.9. The van der Waals surface area contributed by atoms with E-state index in [0.717, 1.165) is 52.5 Å². The molecular weight excluding hydrogens is 412 g/mol. The lowest BCUT2D eigenvalue weighted by atomic mass is 9.84. The molecule has 0 spiro atoms. The van der Waals surface area contributed by atoms with Gasteiger partial charge >= 0.3 is 7.05 Å². The Morgan fingerprint density at radius 1 is 1.23 bits per heavy atom.